The van der Waals surface area contributed by atoms with Crippen LogP contribution in [0.1, 0.15) is 10.4 Å². The Morgan fingerprint density at radius 3 is 2.48 bits per heavy atom. The Labute approximate surface area is 126 Å². The minimum atomic E-state index is -4.23. The summed E-state index contributed by atoms with van der Waals surface area (Å²) in [6.45, 7) is 0. The molecule has 0 unspecified atom stereocenters. The molecule has 2 aromatic rings. The smallest absolute Gasteiger partial charge is 0.336 e. The van der Waals surface area contributed by atoms with Gasteiger partial charge in [0.25, 0.3) is 10.0 Å². The van der Waals surface area contributed by atoms with Gasteiger partial charge in [-0.25, -0.2) is 22.0 Å². The molecule has 0 aliphatic carbocycles. The van der Waals surface area contributed by atoms with Crippen LogP contribution in [0.5, 0.6) is 0 Å². The number of halogens is 3. The van der Waals surface area contributed by atoms with Crippen LogP contribution in [0.4, 0.5) is 14.5 Å². The van der Waals surface area contributed by atoms with E-state index in [9.17, 15) is 22.0 Å². The average molecular weight is 354 g/mol. The van der Waals surface area contributed by atoms with Crippen LogP contribution in [0, 0.1) is 11.6 Å². The van der Waals surface area contributed by atoms with E-state index in [4.69, 9.17) is 16.7 Å². The highest BCUT2D eigenvalue weighted by Gasteiger charge is 2.22. The Hall–Kier alpha value is -1.71. The molecule has 2 N–H and O–H groups in total. The van der Waals surface area contributed by atoms with Crippen molar-refractivity contribution in [2.24, 2.45) is 0 Å². The number of carboxylic acids is 1. The fraction of sp³-hybridized carbons (Fsp3) is 0. The van der Waals surface area contributed by atoms with Crippen LogP contribution in [0.3, 0.4) is 0 Å². The van der Waals surface area contributed by atoms with E-state index in [1.54, 1.807) is 0 Å². The Morgan fingerprint density at radius 1 is 1.29 bits per heavy atom. The van der Waals surface area contributed by atoms with Gasteiger partial charge in [0.15, 0.2) is 5.82 Å². The van der Waals surface area contributed by atoms with Gasteiger partial charge in [0.2, 0.25) is 0 Å². The normalized spacial score (nSPS) is 11.4. The Kier molecular flexibility index (Phi) is 4.17. The molecule has 0 aliphatic rings. The van der Waals surface area contributed by atoms with E-state index >= 15 is 0 Å². The van der Waals surface area contributed by atoms with Crippen molar-refractivity contribution in [2.75, 3.05) is 4.72 Å². The van der Waals surface area contributed by atoms with Gasteiger partial charge in [0.05, 0.1) is 10.6 Å². The van der Waals surface area contributed by atoms with Crippen molar-refractivity contribution in [3.05, 3.63) is 45.8 Å². The molecule has 0 spiro atoms. The van der Waals surface area contributed by atoms with Gasteiger partial charge in [-0.3, -0.25) is 4.72 Å². The van der Waals surface area contributed by atoms with Crippen LogP contribution in [0.15, 0.2) is 27.8 Å². The number of thiophene rings is 1. The zero-order chi connectivity index (χ0) is 15.8. The first-order valence-corrected chi connectivity index (χ1v) is 7.94. The van der Waals surface area contributed by atoms with Crippen LogP contribution in [0.2, 0.25) is 5.02 Å². The number of hydrogen-bond donors (Lipinski definition) is 2. The largest absolute Gasteiger partial charge is 0.478 e. The van der Waals surface area contributed by atoms with E-state index in [0.717, 1.165) is 17.5 Å². The van der Waals surface area contributed by atoms with Crippen molar-refractivity contribution in [1.29, 1.82) is 0 Å². The molecule has 21 heavy (non-hydrogen) atoms. The summed E-state index contributed by atoms with van der Waals surface area (Å²) in [6, 6.07) is 2.14. The molecule has 0 fully saturated rings. The van der Waals surface area contributed by atoms with E-state index in [2.05, 4.69) is 0 Å². The monoisotopic (exact) mass is 353 g/mol. The number of nitrogens with one attached hydrogen (secondary N) is 1. The summed E-state index contributed by atoms with van der Waals surface area (Å²) >= 11 is 6.23. The average Bonchev–Trinajstić information content (AvgIpc) is 2.84. The summed E-state index contributed by atoms with van der Waals surface area (Å²) < 4.78 is 52.0. The van der Waals surface area contributed by atoms with Crippen molar-refractivity contribution in [2.45, 2.75) is 4.21 Å². The maximum atomic E-state index is 13.5. The predicted molar refractivity (Wildman–Crippen MR) is 73.5 cm³/mol. The topological polar surface area (TPSA) is 83.5 Å². The Balaban J connectivity index is 2.40. The molecule has 1 aromatic carbocycles. The molecule has 0 radical (unpaired) electrons. The fourth-order valence-corrected chi connectivity index (χ4v) is 3.93. The number of sulfonamides is 1. The maximum Gasteiger partial charge on any atom is 0.336 e. The summed E-state index contributed by atoms with van der Waals surface area (Å²) in [5, 5.41) is 9.41. The molecule has 1 heterocycles. The van der Waals surface area contributed by atoms with Crippen LogP contribution < -0.4 is 4.72 Å². The molecular formula is C11H6ClF2NO4S2. The number of anilines is 1. The van der Waals surface area contributed by atoms with Crippen LogP contribution in [-0.4, -0.2) is 19.5 Å². The number of hydrogen-bond acceptors (Lipinski definition) is 4. The molecule has 0 saturated heterocycles. The third-order valence-electron chi connectivity index (χ3n) is 2.33. The maximum absolute atomic E-state index is 13.5. The predicted octanol–water partition coefficient (Wildman–Crippen LogP) is 3.18. The molecule has 0 amide bonds. The molecular weight excluding hydrogens is 348 g/mol. The highest BCUT2D eigenvalue weighted by molar-refractivity contribution is 7.94. The second kappa shape index (κ2) is 5.58. The van der Waals surface area contributed by atoms with Gasteiger partial charge in [-0.05, 0) is 12.1 Å². The molecule has 0 bridgehead atoms. The summed E-state index contributed by atoms with van der Waals surface area (Å²) in [7, 11) is -4.23. The van der Waals surface area contributed by atoms with E-state index in [1.807, 2.05) is 4.72 Å². The number of carboxylic acid groups (broad SMARTS) is 1. The summed E-state index contributed by atoms with van der Waals surface area (Å²) in [4.78, 5) is 10.7. The minimum Gasteiger partial charge on any atom is -0.478 e. The first-order chi connectivity index (χ1) is 9.70. The summed E-state index contributed by atoms with van der Waals surface area (Å²) in [6.07, 6.45) is 0. The van der Waals surface area contributed by atoms with Crippen LogP contribution >= 0.6 is 22.9 Å². The first kappa shape index (κ1) is 15.7. The summed E-state index contributed by atoms with van der Waals surface area (Å²) in [5.41, 5.74) is -0.825. The lowest BCUT2D eigenvalue weighted by Crippen LogP contribution is -2.13. The van der Waals surface area contributed by atoms with Gasteiger partial charge in [-0.2, -0.15) is 0 Å². The van der Waals surface area contributed by atoms with Crippen LogP contribution in [-0.2, 0) is 10.0 Å². The third kappa shape index (κ3) is 3.31. The molecule has 0 atom stereocenters. The lowest BCUT2D eigenvalue weighted by Gasteiger charge is -2.09. The first-order valence-electron chi connectivity index (χ1n) is 5.20. The van der Waals surface area contributed by atoms with E-state index in [-0.39, 0.29) is 9.77 Å². The van der Waals surface area contributed by atoms with Gasteiger partial charge >= 0.3 is 5.97 Å². The SMILES string of the molecule is O=C(O)c1csc(S(=O)(=O)Nc2c(F)cc(F)cc2Cl)c1. The quantitative estimate of drug-likeness (QED) is 0.884. The number of carbonyl (C=O) groups is 1. The van der Waals surface area contributed by atoms with Gasteiger partial charge in [-0.15, -0.1) is 11.3 Å². The van der Waals surface area contributed by atoms with Gasteiger partial charge in [0, 0.05) is 11.4 Å². The highest BCUT2D eigenvalue weighted by atomic mass is 35.5. The second-order valence-electron chi connectivity index (χ2n) is 3.81. The molecule has 10 heteroatoms. The zero-order valence-corrected chi connectivity index (χ0v) is 12.3. The third-order valence-corrected chi connectivity index (χ3v) is 5.42. The lowest BCUT2D eigenvalue weighted by atomic mass is 10.3. The Morgan fingerprint density at radius 2 is 1.95 bits per heavy atom. The molecule has 0 saturated carbocycles. The van der Waals surface area contributed by atoms with Crippen molar-refractivity contribution in [3.8, 4) is 0 Å². The molecule has 112 valence electrons. The van der Waals surface area contributed by atoms with E-state index in [0.29, 0.717) is 17.4 Å². The molecule has 2 rings (SSSR count). The number of rotatable bonds is 4. The van der Waals surface area contributed by atoms with E-state index in [1.165, 1.54) is 0 Å². The molecule has 1 aromatic heterocycles. The van der Waals surface area contributed by atoms with Gasteiger partial charge in [0.1, 0.15) is 15.7 Å². The fourth-order valence-electron chi connectivity index (χ4n) is 1.39. The highest BCUT2D eigenvalue weighted by Crippen LogP contribution is 2.30. The van der Waals surface area contributed by atoms with Crippen molar-refractivity contribution >= 4 is 44.6 Å². The molecule has 5 nitrogen and oxygen atoms in total. The van der Waals surface area contributed by atoms with Crippen molar-refractivity contribution in [1.82, 2.24) is 0 Å². The summed E-state index contributed by atoms with van der Waals surface area (Å²) in [5.74, 6) is -3.43. The van der Waals surface area contributed by atoms with Gasteiger partial charge in [-0.1, -0.05) is 11.6 Å². The molecule has 0 aliphatic heterocycles. The number of aromatic carboxylic acids is 1. The lowest BCUT2D eigenvalue weighted by molar-refractivity contribution is 0.0697. The standard InChI is InChI=1S/C11H6ClF2NO4S2/c12-7-2-6(13)3-8(14)10(7)15-21(18,19)9-1-5(4-20-9)11(16)17/h1-4,15H,(H,16,17). The van der Waals surface area contributed by atoms with E-state index < -0.39 is 38.3 Å². The van der Waals surface area contributed by atoms with Crippen molar-refractivity contribution in [3.63, 3.8) is 0 Å². The van der Waals surface area contributed by atoms with Gasteiger partial charge < -0.3 is 5.11 Å². The second-order valence-corrected chi connectivity index (χ2v) is 7.04. The van der Waals surface area contributed by atoms with Crippen molar-refractivity contribution < 1.29 is 27.1 Å². The minimum absolute atomic E-state index is 0.217. The number of benzene rings is 1. The van der Waals surface area contributed by atoms with Crippen LogP contribution in [0.25, 0.3) is 0 Å². The zero-order valence-electron chi connectivity index (χ0n) is 9.93. The Bertz CT molecular complexity index is 796.